The highest BCUT2D eigenvalue weighted by Gasteiger charge is 2.42. The topological polar surface area (TPSA) is 29.3 Å². The summed E-state index contributed by atoms with van der Waals surface area (Å²) < 4.78 is 0. The summed E-state index contributed by atoms with van der Waals surface area (Å²) in [5.41, 5.74) is 6.12. The molecule has 0 aromatic carbocycles. The lowest BCUT2D eigenvalue weighted by molar-refractivity contribution is 0.0578. The molecule has 3 fully saturated rings. The predicted molar refractivity (Wildman–Crippen MR) is 62.7 cm³/mol. The highest BCUT2D eigenvalue weighted by atomic mass is 15.2. The van der Waals surface area contributed by atoms with Gasteiger partial charge in [-0.2, -0.15) is 0 Å². The first-order chi connectivity index (χ1) is 7.34. The summed E-state index contributed by atoms with van der Waals surface area (Å²) in [5, 5.41) is 0. The smallest absolute Gasteiger partial charge is 0.0116 e. The molecule has 15 heavy (non-hydrogen) atoms. The lowest BCUT2D eigenvalue weighted by Gasteiger charge is -2.44. The number of nitrogens with zero attached hydrogens (tertiary/aromatic N) is 1. The second-order valence-electron chi connectivity index (χ2n) is 5.86. The van der Waals surface area contributed by atoms with E-state index in [4.69, 9.17) is 5.73 Å². The molecular formula is C13H24N2. The van der Waals surface area contributed by atoms with Crippen molar-refractivity contribution in [2.24, 2.45) is 5.73 Å². The first kappa shape index (κ1) is 10.1. The summed E-state index contributed by atoms with van der Waals surface area (Å²) in [6, 6.07) is 3.12. The Labute approximate surface area is 93.2 Å². The molecule has 3 aliphatic rings. The van der Waals surface area contributed by atoms with Gasteiger partial charge in [-0.15, -0.1) is 0 Å². The third-order valence-electron chi connectivity index (χ3n) is 4.82. The maximum Gasteiger partial charge on any atom is 0.0116 e. The summed E-state index contributed by atoms with van der Waals surface area (Å²) in [6.45, 7) is 0. The van der Waals surface area contributed by atoms with Crippen LogP contribution in [-0.4, -0.2) is 29.1 Å². The molecule has 0 aromatic heterocycles. The van der Waals surface area contributed by atoms with Crippen LogP contribution in [0.4, 0.5) is 0 Å². The van der Waals surface area contributed by atoms with Crippen molar-refractivity contribution in [1.82, 2.24) is 4.90 Å². The summed E-state index contributed by atoms with van der Waals surface area (Å²) in [4.78, 5) is 2.88. The molecule has 1 saturated carbocycles. The molecule has 1 aliphatic carbocycles. The van der Waals surface area contributed by atoms with Crippen molar-refractivity contribution < 1.29 is 0 Å². The Kier molecular flexibility index (Phi) is 2.73. The molecule has 2 heterocycles. The van der Waals surface area contributed by atoms with Gasteiger partial charge in [-0.3, -0.25) is 4.90 Å². The van der Waals surface area contributed by atoms with Crippen molar-refractivity contribution in [2.45, 2.75) is 82.0 Å². The molecule has 2 unspecified atom stereocenters. The number of fused-ring (bicyclic) bond motifs is 2. The molecule has 2 saturated heterocycles. The predicted octanol–water partition coefficient (Wildman–Crippen LogP) is 2.27. The number of piperidine rings is 1. The molecule has 2 N–H and O–H groups in total. The van der Waals surface area contributed by atoms with Crippen LogP contribution in [0.5, 0.6) is 0 Å². The second-order valence-corrected chi connectivity index (χ2v) is 5.86. The molecule has 2 atom stereocenters. The van der Waals surface area contributed by atoms with E-state index in [2.05, 4.69) is 4.90 Å². The average Bonchev–Trinajstić information content (AvgIpc) is 2.53. The van der Waals surface area contributed by atoms with Gasteiger partial charge in [-0.1, -0.05) is 19.3 Å². The van der Waals surface area contributed by atoms with E-state index in [9.17, 15) is 0 Å². The van der Waals surface area contributed by atoms with Gasteiger partial charge in [0.15, 0.2) is 0 Å². The van der Waals surface area contributed by atoms with Crippen LogP contribution in [0.3, 0.4) is 0 Å². The largest absolute Gasteiger partial charge is 0.328 e. The average molecular weight is 208 g/mol. The lowest BCUT2D eigenvalue weighted by atomic mass is 9.89. The van der Waals surface area contributed by atoms with E-state index in [0.29, 0.717) is 6.04 Å². The van der Waals surface area contributed by atoms with Crippen LogP contribution < -0.4 is 5.73 Å². The van der Waals surface area contributed by atoms with E-state index >= 15 is 0 Å². The molecule has 0 aromatic rings. The third-order valence-corrected chi connectivity index (χ3v) is 4.82. The van der Waals surface area contributed by atoms with E-state index in [1.54, 1.807) is 0 Å². The zero-order valence-electron chi connectivity index (χ0n) is 9.70. The number of hydrogen-bond acceptors (Lipinski definition) is 2. The molecule has 0 amide bonds. The minimum atomic E-state index is 0.502. The highest BCUT2D eigenvalue weighted by Crippen LogP contribution is 2.39. The first-order valence-electron chi connectivity index (χ1n) is 6.87. The fraction of sp³-hybridized carbons (Fsp3) is 1.00. The van der Waals surface area contributed by atoms with Gasteiger partial charge in [-0.05, 0) is 38.5 Å². The van der Waals surface area contributed by atoms with Crippen LogP contribution in [0.1, 0.15) is 57.8 Å². The van der Waals surface area contributed by atoms with E-state index in [1.807, 2.05) is 0 Å². The number of hydrogen-bond donors (Lipinski definition) is 1. The summed E-state index contributed by atoms with van der Waals surface area (Å²) in [6.07, 6.45) is 12.7. The zero-order chi connectivity index (χ0) is 10.3. The fourth-order valence-electron chi connectivity index (χ4n) is 4.23. The molecule has 2 nitrogen and oxygen atoms in total. The number of rotatable bonds is 1. The molecule has 2 bridgehead atoms. The van der Waals surface area contributed by atoms with Gasteiger partial charge in [0.05, 0.1) is 0 Å². The lowest BCUT2D eigenvalue weighted by Crippen LogP contribution is -2.52. The monoisotopic (exact) mass is 208 g/mol. The maximum atomic E-state index is 6.12. The van der Waals surface area contributed by atoms with E-state index in [1.165, 1.54) is 57.8 Å². The molecule has 2 heteroatoms. The normalized spacial score (nSPS) is 43.4. The summed E-state index contributed by atoms with van der Waals surface area (Å²) >= 11 is 0. The quantitative estimate of drug-likeness (QED) is 0.716. The zero-order valence-corrected chi connectivity index (χ0v) is 9.70. The van der Waals surface area contributed by atoms with Crippen LogP contribution in [0.2, 0.25) is 0 Å². The van der Waals surface area contributed by atoms with Crippen molar-refractivity contribution in [2.75, 3.05) is 0 Å². The maximum absolute atomic E-state index is 6.12. The van der Waals surface area contributed by atoms with Crippen LogP contribution in [-0.2, 0) is 0 Å². The molecule has 2 aliphatic heterocycles. The van der Waals surface area contributed by atoms with Gasteiger partial charge < -0.3 is 5.73 Å². The van der Waals surface area contributed by atoms with E-state index in [-0.39, 0.29) is 0 Å². The highest BCUT2D eigenvalue weighted by molar-refractivity contribution is 4.99. The van der Waals surface area contributed by atoms with Crippen LogP contribution >= 0.6 is 0 Å². The van der Waals surface area contributed by atoms with Crippen molar-refractivity contribution in [3.63, 3.8) is 0 Å². The molecule has 0 radical (unpaired) electrons. The summed E-state index contributed by atoms with van der Waals surface area (Å²) in [7, 11) is 0. The standard InChI is InChI=1S/C13H24N2/c14-10-8-12-6-7-13(9-10)15(12)11-4-2-1-3-5-11/h10-13H,1-9,14H2. The minimum absolute atomic E-state index is 0.502. The van der Waals surface area contributed by atoms with Crippen molar-refractivity contribution in [1.29, 1.82) is 0 Å². The van der Waals surface area contributed by atoms with E-state index < -0.39 is 0 Å². The van der Waals surface area contributed by atoms with Crippen LogP contribution in [0.15, 0.2) is 0 Å². The van der Waals surface area contributed by atoms with Gasteiger partial charge in [-0.25, -0.2) is 0 Å². The van der Waals surface area contributed by atoms with E-state index in [0.717, 1.165) is 18.1 Å². The Bertz CT molecular complexity index is 209. The van der Waals surface area contributed by atoms with Crippen molar-refractivity contribution >= 4 is 0 Å². The van der Waals surface area contributed by atoms with Gasteiger partial charge in [0.1, 0.15) is 0 Å². The SMILES string of the molecule is NC1CC2CCC(C1)N2C1CCCCC1. The Morgan fingerprint density at radius 1 is 0.733 bits per heavy atom. The van der Waals surface area contributed by atoms with Gasteiger partial charge in [0, 0.05) is 24.2 Å². The summed E-state index contributed by atoms with van der Waals surface area (Å²) in [5.74, 6) is 0. The first-order valence-corrected chi connectivity index (χ1v) is 6.87. The van der Waals surface area contributed by atoms with Gasteiger partial charge >= 0.3 is 0 Å². The molecular weight excluding hydrogens is 184 g/mol. The molecule has 3 rings (SSSR count). The van der Waals surface area contributed by atoms with Crippen LogP contribution in [0.25, 0.3) is 0 Å². The Balaban J connectivity index is 1.70. The molecule has 86 valence electrons. The Hall–Kier alpha value is -0.0800. The fourth-order valence-corrected chi connectivity index (χ4v) is 4.23. The third kappa shape index (κ3) is 1.83. The number of nitrogens with two attached hydrogens (primary N) is 1. The second kappa shape index (κ2) is 4.06. The van der Waals surface area contributed by atoms with Crippen molar-refractivity contribution in [3.05, 3.63) is 0 Å². The van der Waals surface area contributed by atoms with Gasteiger partial charge in [0.2, 0.25) is 0 Å². The minimum Gasteiger partial charge on any atom is -0.328 e. The van der Waals surface area contributed by atoms with Crippen LogP contribution in [0, 0.1) is 0 Å². The Morgan fingerprint density at radius 3 is 1.93 bits per heavy atom. The Morgan fingerprint density at radius 2 is 1.33 bits per heavy atom. The molecule has 0 spiro atoms. The van der Waals surface area contributed by atoms with Crippen molar-refractivity contribution in [3.8, 4) is 0 Å². The van der Waals surface area contributed by atoms with Gasteiger partial charge in [0.25, 0.3) is 0 Å².